The summed E-state index contributed by atoms with van der Waals surface area (Å²) in [6, 6.07) is 0. The van der Waals surface area contributed by atoms with Crippen molar-refractivity contribution in [2.75, 3.05) is 13.1 Å². The minimum atomic E-state index is -0.474. The molecule has 1 amide bonds. The Morgan fingerprint density at radius 3 is 2.12 bits per heavy atom. The van der Waals surface area contributed by atoms with E-state index in [4.69, 9.17) is 4.74 Å². The first-order valence-electron chi connectivity index (χ1n) is 5.69. The van der Waals surface area contributed by atoms with Gasteiger partial charge in [0.05, 0.1) is 5.41 Å². The van der Waals surface area contributed by atoms with Gasteiger partial charge in [-0.15, -0.1) is 0 Å². The lowest BCUT2D eigenvalue weighted by Crippen LogP contribution is -2.62. The van der Waals surface area contributed by atoms with Crippen LogP contribution >= 0.6 is 0 Å². The van der Waals surface area contributed by atoms with Crippen molar-refractivity contribution in [3.8, 4) is 0 Å². The molecule has 0 spiro atoms. The number of hydrogen-bond donors (Lipinski definition) is 0. The molecule has 4 heteroatoms. The van der Waals surface area contributed by atoms with Gasteiger partial charge in [-0.1, -0.05) is 6.92 Å². The normalized spacial score (nSPS) is 18.9. The number of ether oxygens (including phenoxy) is 1. The van der Waals surface area contributed by atoms with Gasteiger partial charge in [0, 0.05) is 13.1 Å². The first-order chi connectivity index (χ1) is 7.20. The molecule has 0 saturated carbocycles. The number of carbonyl (C=O) groups is 2. The van der Waals surface area contributed by atoms with E-state index in [9.17, 15) is 9.59 Å². The number of Topliss-reactive ketones (excluding diaryl/α,β-unsaturated/α-hetero) is 1. The second-order valence-corrected chi connectivity index (χ2v) is 5.53. The summed E-state index contributed by atoms with van der Waals surface area (Å²) in [5.41, 5.74) is -0.797. The van der Waals surface area contributed by atoms with Crippen LogP contribution < -0.4 is 0 Å². The molecule has 92 valence electrons. The molecule has 0 aromatic heterocycles. The number of nitrogens with zero attached hydrogens (tertiary/aromatic N) is 1. The van der Waals surface area contributed by atoms with Crippen LogP contribution in [0.4, 0.5) is 4.79 Å². The van der Waals surface area contributed by atoms with E-state index in [0.717, 1.165) is 6.42 Å². The molecule has 0 aliphatic carbocycles. The molecule has 1 saturated heterocycles. The Morgan fingerprint density at radius 2 is 1.81 bits per heavy atom. The third-order valence-corrected chi connectivity index (χ3v) is 3.06. The summed E-state index contributed by atoms with van der Waals surface area (Å²) in [6.07, 6.45) is 0.458. The summed E-state index contributed by atoms with van der Waals surface area (Å²) >= 11 is 0. The standard InChI is InChI=1S/C12H21NO3/c1-6-12(9(2)14)7-13(8-12)10(15)16-11(3,4)5/h6-8H2,1-5H3. The molecule has 1 fully saturated rings. The molecule has 1 rings (SSSR count). The minimum Gasteiger partial charge on any atom is -0.444 e. The van der Waals surface area contributed by atoms with Gasteiger partial charge in [-0.3, -0.25) is 4.79 Å². The van der Waals surface area contributed by atoms with Crippen molar-refractivity contribution in [2.45, 2.75) is 46.6 Å². The summed E-state index contributed by atoms with van der Waals surface area (Å²) in [4.78, 5) is 24.7. The molecule has 1 aliphatic rings. The van der Waals surface area contributed by atoms with Crippen molar-refractivity contribution in [3.63, 3.8) is 0 Å². The van der Waals surface area contributed by atoms with Gasteiger partial charge in [0.15, 0.2) is 0 Å². The third-order valence-electron chi connectivity index (χ3n) is 3.06. The number of amides is 1. The Morgan fingerprint density at radius 1 is 1.31 bits per heavy atom. The van der Waals surface area contributed by atoms with Crippen molar-refractivity contribution in [3.05, 3.63) is 0 Å². The van der Waals surface area contributed by atoms with Crippen LogP contribution in [0.2, 0.25) is 0 Å². The fraction of sp³-hybridized carbons (Fsp3) is 0.833. The quantitative estimate of drug-likeness (QED) is 0.726. The first kappa shape index (κ1) is 13.0. The summed E-state index contributed by atoms with van der Waals surface area (Å²) in [7, 11) is 0. The van der Waals surface area contributed by atoms with Crippen molar-refractivity contribution in [2.24, 2.45) is 5.41 Å². The van der Waals surface area contributed by atoms with Gasteiger partial charge in [0.25, 0.3) is 0 Å². The van der Waals surface area contributed by atoms with Gasteiger partial charge in [-0.05, 0) is 34.1 Å². The molecule has 0 aromatic rings. The average molecular weight is 227 g/mol. The molecular formula is C12H21NO3. The van der Waals surface area contributed by atoms with Gasteiger partial charge in [-0.2, -0.15) is 0 Å². The predicted octanol–water partition coefficient (Wildman–Crippen LogP) is 2.22. The lowest BCUT2D eigenvalue weighted by Gasteiger charge is -2.48. The monoisotopic (exact) mass is 227 g/mol. The van der Waals surface area contributed by atoms with E-state index in [1.54, 1.807) is 11.8 Å². The van der Waals surface area contributed by atoms with E-state index in [2.05, 4.69) is 0 Å². The fourth-order valence-corrected chi connectivity index (χ4v) is 1.84. The molecular weight excluding hydrogens is 206 g/mol. The summed E-state index contributed by atoms with van der Waals surface area (Å²) < 4.78 is 5.23. The molecule has 0 unspecified atom stereocenters. The highest BCUT2D eigenvalue weighted by Crippen LogP contribution is 2.35. The van der Waals surface area contributed by atoms with E-state index in [1.165, 1.54) is 0 Å². The van der Waals surface area contributed by atoms with Crippen molar-refractivity contribution in [1.29, 1.82) is 0 Å². The zero-order valence-corrected chi connectivity index (χ0v) is 10.8. The predicted molar refractivity (Wildman–Crippen MR) is 61.2 cm³/mol. The third kappa shape index (κ3) is 2.54. The fourth-order valence-electron chi connectivity index (χ4n) is 1.84. The molecule has 0 radical (unpaired) electrons. The Labute approximate surface area is 96.9 Å². The smallest absolute Gasteiger partial charge is 0.410 e. The van der Waals surface area contributed by atoms with Crippen LogP contribution in [-0.2, 0) is 9.53 Å². The van der Waals surface area contributed by atoms with Crippen LogP contribution in [0.15, 0.2) is 0 Å². The van der Waals surface area contributed by atoms with Crippen LogP contribution in [0.5, 0.6) is 0 Å². The van der Waals surface area contributed by atoms with Crippen LogP contribution in [0.1, 0.15) is 41.0 Å². The number of rotatable bonds is 2. The molecule has 0 aromatic carbocycles. The van der Waals surface area contributed by atoms with E-state index < -0.39 is 5.60 Å². The Balaban J connectivity index is 2.52. The summed E-state index contributed by atoms with van der Waals surface area (Å²) in [6.45, 7) is 10.1. The second-order valence-electron chi connectivity index (χ2n) is 5.53. The van der Waals surface area contributed by atoms with Crippen LogP contribution in [-0.4, -0.2) is 35.5 Å². The number of carbonyl (C=O) groups excluding carboxylic acids is 2. The van der Waals surface area contributed by atoms with Gasteiger partial charge in [0.2, 0.25) is 0 Å². The minimum absolute atomic E-state index is 0.162. The van der Waals surface area contributed by atoms with E-state index in [0.29, 0.717) is 13.1 Å². The van der Waals surface area contributed by atoms with E-state index >= 15 is 0 Å². The maximum atomic E-state index is 11.7. The maximum Gasteiger partial charge on any atom is 0.410 e. The topological polar surface area (TPSA) is 46.6 Å². The van der Waals surface area contributed by atoms with Gasteiger partial charge < -0.3 is 9.64 Å². The van der Waals surface area contributed by atoms with Gasteiger partial charge in [-0.25, -0.2) is 4.79 Å². The zero-order valence-electron chi connectivity index (χ0n) is 10.8. The zero-order chi connectivity index (χ0) is 12.6. The Bertz CT molecular complexity index is 298. The van der Waals surface area contributed by atoms with E-state index in [1.807, 2.05) is 27.7 Å². The summed E-state index contributed by atoms with van der Waals surface area (Å²) in [5, 5.41) is 0. The van der Waals surface area contributed by atoms with Crippen LogP contribution in [0.25, 0.3) is 0 Å². The molecule has 1 aliphatic heterocycles. The lowest BCUT2D eigenvalue weighted by molar-refractivity contribution is -0.136. The highest BCUT2D eigenvalue weighted by molar-refractivity contribution is 5.86. The molecule has 0 atom stereocenters. The lowest BCUT2D eigenvalue weighted by atomic mass is 9.74. The van der Waals surface area contributed by atoms with Gasteiger partial charge in [0.1, 0.15) is 11.4 Å². The highest BCUT2D eigenvalue weighted by Gasteiger charge is 2.48. The Hall–Kier alpha value is -1.06. The largest absolute Gasteiger partial charge is 0.444 e. The van der Waals surface area contributed by atoms with Crippen molar-refractivity contribution < 1.29 is 14.3 Å². The SMILES string of the molecule is CCC1(C(C)=O)CN(C(=O)OC(C)(C)C)C1. The number of ketones is 1. The van der Waals surface area contributed by atoms with Crippen LogP contribution in [0, 0.1) is 5.41 Å². The average Bonchev–Trinajstić information content (AvgIpc) is 1.98. The molecule has 0 bridgehead atoms. The molecule has 1 heterocycles. The van der Waals surface area contributed by atoms with Gasteiger partial charge >= 0.3 is 6.09 Å². The highest BCUT2D eigenvalue weighted by atomic mass is 16.6. The molecule has 4 nitrogen and oxygen atoms in total. The summed E-state index contributed by atoms with van der Waals surface area (Å²) in [5.74, 6) is 0.162. The number of likely N-dealkylation sites (tertiary alicyclic amines) is 1. The van der Waals surface area contributed by atoms with Crippen LogP contribution in [0.3, 0.4) is 0 Å². The second kappa shape index (κ2) is 4.07. The van der Waals surface area contributed by atoms with E-state index in [-0.39, 0.29) is 17.3 Å². The maximum absolute atomic E-state index is 11.7. The first-order valence-corrected chi connectivity index (χ1v) is 5.69. The van der Waals surface area contributed by atoms with Crippen molar-refractivity contribution >= 4 is 11.9 Å². The Kier molecular flexibility index (Phi) is 3.31. The number of hydrogen-bond acceptors (Lipinski definition) is 3. The van der Waals surface area contributed by atoms with Crippen molar-refractivity contribution in [1.82, 2.24) is 4.90 Å². The molecule has 16 heavy (non-hydrogen) atoms. The molecule has 0 N–H and O–H groups in total.